The Labute approximate surface area is 79.7 Å². The summed E-state index contributed by atoms with van der Waals surface area (Å²) in [4.78, 5) is 0. The highest BCUT2D eigenvalue weighted by atomic mass is 16.3. The van der Waals surface area contributed by atoms with E-state index in [0.717, 1.165) is 0 Å². The normalized spacial score (nSPS) is 13.5. The molecule has 13 heavy (non-hydrogen) atoms. The van der Waals surface area contributed by atoms with Crippen molar-refractivity contribution in [2.24, 2.45) is 0 Å². The van der Waals surface area contributed by atoms with E-state index < -0.39 is 0 Å². The second kappa shape index (κ2) is 4.24. The first kappa shape index (κ1) is 10.0. The van der Waals surface area contributed by atoms with Gasteiger partial charge in [-0.3, -0.25) is 0 Å². The third kappa shape index (κ3) is 3.03. The minimum atomic E-state index is -0.375. The number of hydrogen-bond acceptors (Lipinski definition) is 1. The van der Waals surface area contributed by atoms with Crippen molar-refractivity contribution in [2.45, 2.75) is 26.9 Å². The molecule has 0 fully saturated rings. The van der Waals surface area contributed by atoms with Crippen molar-refractivity contribution in [1.29, 1.82) is 0 Å². The smallest absolute Gasteiger partial charge is 0.0696 e. The van der Waals surface area contributed by atoms with Crippen molar-refractivity contribution in [1.82, 2.24) is 0 Å². The molecule has 1 nitrogen and oxygen atoms in total. The van der Waals surface area contributed by atoms with Gasteiger partial charge in [-0.2, -0.15) is 0 Å². The Morgan fingerprint density at radius 2 is 2.00 bits per heavy atom. The molecule has 1 atom stereocenters. The van der Waals surface area contributed by atoms with Crippen LogP contribution in [0, 0.1) is 13.8 Å². The lowest BCUT2D eigenvalue weighted by molar-refractivity contribution is 0.245. The monoisotopic (exact) mass is 176 g/mol. The highest BCUT2D eigenvalue weighted by molar-refractivity contribution is 5.54. The van der Waals surface area contributed by atoms with Crippen LogP contribution in [-0.2, 0) is 0 Å². The van der Waals surface area contributed by atoms with E-state index in [-0.39, 0.29) is 6.10 Å². The van der Waals surface area contributed by atoms with Crippen molar-refractivity contribution in [3.8, 4) is 0 Å². The molecule has 0 amide bonds. The predicted octanol–water partition coefficient (Wildman–Crippen LogP) is 2.70. The van der Waals surface area contributed by atoms with E-state index in [1.165, 1.54) is 16.7 Å². The summed E-state index contributed by atoms with van der Waals surface area (Å²) >= 11 is 0. The summed E-state index contributed by atoms with van der Waals surface area (Å²) in [6.07, 6.45) is 3.38. The van der Waals surface area contributed by atoms with Crippen LogP contribution in [0.4, 0.5) is 0 Å². The van der Waals surface area contributed by atoms with Gasteiger partial charge in [0.05, 0.1) is 6.10 Å². The third-order valence-electron chi connectivity index (χ3n) is 1.99. The van der Waals surface area contributed by atoms with Gasteiger partial charge in [-0.05, 0) is 31.9 Å². The fourth-order valence-corrected chi connectivity index (χ4v) is 1.18. The number of aryl methyl sites for hydroxylation is 2. The van der Waals surface area contributed by atoms with E-state index >= 15 is 0 Å². The molecule has 0 aliphatic carbocycles. The molecule has 0 spiro atoms. The molecule has 0 heterocycles. The molecular formula is C12H16O. The molecule has 0 radical (unpaired) electrons. The van der Waals surface area contributed by atoms with Crippen molar-refractivity contribution in [3.63, 3.8) is 0 Å². The molecule has 0 aliphatic rings. The van der Waals surface area contributed by atoms with Gasteiger partial charge in [-0.1, -0.05) is 35.9 Å². The highest BCUT2D eigenvalue weighted by Crippen LogP contribution is 2.12. The van der Waals surface area contributed by atoms with Crippen LogP contribution in [-0.4, -0.2) is 11.2 Å². The molecule has 1 heteroatoms. The Balaban J connectivity index is 2.93. The van der Waals surface area contributed by atoms with Crippen molar-refractivity contribution in [2.75, 3.05) is 0 Å². The first-order valence-electron chi connectivity index (χ1n) is 4.53. The lowest BCUT2D eigenvalue weighted by Gasteiger charge is -2.02. The average molecular weight is 176 g/mol. The molecule has 1 rings (SSSR count). The van der Waals surface area contributed by atoms with Crippen LogP contribution in [0.3, 0.4) is 0 Å². The van der Waals surface area contributed by atoms with Crippen LogP contribution in [0.2, 0.25) is 0 Å². The molecule has 0 aromatic heterocycles. The molecule has 0 saturated carbocycles. The van der Waals surface area contributed by atoms with Gasteiger partial charge in [0.1, 0.15) is 0 Å². The summed E-state index contributed by atoms with van der Waals surface area (Å²) in [5, 5.41) is 9.09. The maximum Gasteiger partial charge on any atom is 0.0696 e. The van der Waals surface area contributed by atoms with Gasteiger partial charge in [0.25, 0.3) is 0 Å². The zero-order valence-corrected chi connectivity index (χ0v) is 8.41. The second-order valence-electron chi connectivity index (χ2n) is 3.46. The second-order valence-corrected chi connectivity index (χ2v) is 3.46. The molecule has 1 N–H and O–H groups in total. The number of aliphatic hydroxyl groups excluding tert-OH is 1. The van der Waals surface area contributed by atoms with E-state index in [0.29, 0.717) is 0 Å². The number of aliphatic hydroxyl groups is 1. The maximum absolute atomic E-state index is 9.09. The average Bonchev–Trinajstić information content (AvgIpc) is 2.06. The first-order valence-corrected chi connectivity index (χ1v) is 4.53. The Morgan fingerprint density at radius 1 is 1.31 bits per heavy atom. The Bertz CT molecular complexity index is 311. The van der Waals surface area contributed by atoms with E-state index in [4.69, 9.17) is 5.11 Å². The van der Waals surface area contributed by atoms with Crippen LogP contribution >= 0.6 is 0 Å². The van der Waals surface area contributed by atoms with Crippen LogP contribution in [0.1, 0.15) is 23.6 Å². The number of benzene rings is 1. The molecular weight excluding hydrogens is 160 g/mol. The molecule has 1 unspecified atom stereocenters. The van der Waals surface area contributed by atoms with Gasteiger partial charge in [0.2, 0.25) is 0 Å². The summed E-state index contributed by atoms with van der Waals surface area (Å²) in [6.45, 7) is 5.89. The Morgan fingerprint density at radius 3 is 2.62 bits per heavy atom. The topological polar surface area (TPSA) is 20.2 Å². The summed E-state index contributed by atoms with van der Waals surface area (Å²) in [5.74, 6) is 0. The van der Waals surface area contributed by atoms with Gasteiger partial charge in [0.15, 0.2) is 0 Å². The van der Waals surface area contributed by atoms with Gasteiger partial charge < -0.3 is 5.11 Å². The predicted molar refractivity (Wildman–Crippen MR) is 56.6 cm³/mol. The maximum atomic E-state index is 9.09. The van der Waals surface area contributed by atoms with E-state index in [2.05, 4.69) is 32.0 Å². The standard InChI is InChI=1S/C12H16O/c1-9-4-5-10(2)12(8-9)7-6-11(3)13/h4-8,11,13H,1-3H3/b7-6+. The molecule has 1 aromatic rings. The van der Waals surface area contributed by atoms with Crippen LogP contribution in [0.15, 0.2) is 24.3 Å². The molecule has 0 bridgehead atoms. The quantitative estimate of drug-likeness (QED) is 0.734. The lowest BCUT2D eigenvalue weighted by atomic mass is 10.1. The van der Waals surface area contributed by atoms with Gasteiger partial charge in [-0.15, -0.1) is 0 Å². The fourth-order valence-electron chi connectivity index (χ4n) is 1.18. The van der Waals surface area contributed by atoms with E-state index in [1.807, 2.05) is 6.08 Å². The minimum Gasteiger partial charge on any atom is -0.389 e. The zero-order chi connectivity index (χ0) is 9.84. The van der Waals surface area contributed by atoms with Crippen LogP contribution in [0.5, 0.6) is 0 Å². The van der Waals surface area contributed by atoms with Crippen molar-refractivity contribution >= 4 is 6.08 Å². The molecule has 1 aromatic carbocycles. The van der Waals surface area contributed by atoms with E-state index in [1.54, 1.807) is 13.0 Å². The van der Waals surface area contributed by atoms with Gasteiger partial charge >= 0.3 is 0 Å². The van der Waals surface area contributed by atoms with Gasteiger partial charge in [0, 0.05) is 0 Å². The minimum absolute atomic E-state index is 0.375. The molecule has 0 saturated heterocycles. The molecule has 70 valence electrons. The third-order valence-corrected chi connectivity index (χ3v) is 1.99. The van der Waals surface area contributed by atoms with E-state index in [9.17, 15) is 0 Å². The SMILES string of the molecule is Cc1ccc(C)c(/C=C/C(C)O)c1. The first-order chi connectivity index (χ1) is 6.09. The zero-order valence-electron chi connectivity index (χ0n) is 8.41. The Hall–Kier alpha value is -1.08. The highest BCUT2D eigenvalue weighted by Gasteiger charge is 1.94. The van der Waals surface area contributed by atoms with Crippen LogP contribution < -0.4 is 0 Å². The summed E-state index contributed by atoms with van der Waals surface area (Å²) in [6, 6.07) is 6.31. The van der Waals surface area contributed by atoms with Crippen molar-refractivity contribution in [3.05, 3.63) is 41.0 Å². The van der Waals surface area contributed by atoms with Gasteiger partial charge in [-0.25, -0.2) is 0 Å². The number of rotatable bonds is 2. The van der Waals surface area contributed by atoms with Crippen LogP contribution in [0.25, 0.3) is 6.08 Å². The summed E-state index contributed by atoms with van der Waals surface area (Å²) < 4.78 is 0. The number of hydrogen-bond donors (Lipinski definition) is 1. The largest absolute Gasteiger partial charge is 0.389 e. The summed E-state index contributed by atoms with van der Waals surface area (Å²) in [5.41, 5.74) is 3.67. The van der Waals surface area contributed by atoms with Crippen molar-refractivity contribution < 1.29 is 5.11 Å². The fraction of sp³-hybridized carbons (Fsp3) is 0.333. The Kier molecular flexibility index (Phi) is 3.26. The summed E-state index contributed by atoms with van der Waals surface area (Å²) in [7, 11) is 0. The lowest BCUT2D eigenvalue weighted by Crippen LogP contribution is -1.92. The molecule has 0 aliphatic heterocycles.